The average Bonchev–Trinajstić information content (AvgIpc) is 2.68. The molecule has 0 atom stereocenters. The summed E-state index contributed by atoms with van der Waals surface area (Å²) in [4.78, 5) is 12.3. The molecule has 0 fully saturated rings. The number of methoxy groups -OCH3 is 2. The lowest BCUT2D eigenvalue weighted by Gasteiger charge is -2.19. The maximum Gasteiger partial charge on any atom is 0.234 e. The van der Waals surface area contributed by atoms with Gasteiger partial charge in [-0.25, -0.2) is 0 Å². The number of hydrogen-bond acceptors (Lipinski definition) is 6. The molecule has 0 aliphatic carbocycles. The molecule has 3 rings (SSSR count). The number of thioether (sulfide) groups is 1. The standard InChI is InChI=1S/C19H20BrNO5S/c1-23-13-3-4-16(24-2)15(8-13)21-19(22)11-27-10-12-7-17-18(9-14(12)20)26-6-5-25-17/h3-4,7-9H,5-6,10-11H2,1-2H3,(H,21,22). The summed E-state index contributed by atoms with van der Waals surface area (Å²) in [5.41, 5.74) is 1.64. The fourth-order valence-corrected chi connectivity index (χ4v) is 4.03. The van der Waals surface area contributed by atoms with Crippen LogP contribution in [0.1, 0.15) is 5.56 Å². The Hall–Kier alpha value is -2.06. The molecule has 144 valence electrons. The van der Waals surface area contributed by atoms with E-state index in [0.717, 1.165) is 21.5 Å². The first-order valence-corrected chi connectivity index (χ1v) is 10.2. The summed E-state index contributed by atoms with van der Waals surface area (Å²) in [7, 11) is 3.14. The van der Waals surface area contributed by atoms with Gasteiger partial charge in [0.2, 0.25) is 5.91 Å². The van der Waals surface area contributed by atoms with E-state index in [1.54, 1.807) is 32.4 Å². The van der Waals surface area contributed by atoms with Gasteiger partial charge in [0.1, 0.15) is 24.7 Å². The lowest BCUT2D eigenvalue weighted by molar-refractivity contribution is -0.113. The number of ether oxygens (including phenoxy) is 4. The van der Waals surface area contributed by atoms with Crippen molar-refractivity contribution in [1.82, 2.24) is 0 Å². The predicted molar refractivity (Wildman–Crippen MR) is 109 cm³/mol. The summed E-state index contributed by atoms with van der Waals surface area (Å²) in [5, 5.41) is 2.87. The molecule has 0 aromatic heterocycles. The van der Waals surface area contributed by atoms with Crippen LogP contribution in [0.2, 0.25) is 0 Å². The Morgan fingerprint density at radius 1 is 1.15 bits per heavy atom. The molecule has 1 N–H and O–H groups in total. The van der Waals surface area contributed by atoms with Gasteiger partial charge in [0.15, 0.2) is 11.5 Å². The fourth-order valence-electron chi connectivity index (χ4n) is 2.57. The molecule has 2 aromatic rings. The highest BCUT2D eigenvalue weighted by Gasteiger charge is 2.15. The molecule has 0 saturated carbocycles. The Morgan fingerprint density at radius 2 is 1.89 bits per heavy atom. The normalized spacial score (nSPS) is 12.4. The largest absolute Gasteiger partial charge is 0.497 e. The minimum absolute atomic E-state index is 0.111. The Morgan fingerprint density at radius 3 is 2.59 bits per heavy atom. The number of carbonyl (C=O) groups excluding carboxylic acids is 1. The quantitative estimate of drug-likeness (QED) is 0.680. The van der Waals surface area contributed by atoms with Crippen LogP contribution in [-0.2, 0) is 10.5 Å². The van der Waals surface area contributed by atoms with Crippen molar-refractivity contribution in [3.05, 3.63) is 40.4 Å². The molecule has 1 heterocycles. The van der Waals surface area contributed by atoms with Crippen molar-refractivity contribution >= 4 is 39.3 Å². The van der Waals surface area contributed by atoms with Crippen LogP contribution in [0.3, 0.4) is 0 Å². The highest BCUT2D eigenvalue weighted by Crippen LogP contribution is 2.37. The van der Waals surface area contributed by atoms with Crippen LogP contribution < -0.4 is 24.3 Å². The molecule has 0 spiro atoms. The van der Waals surface area contributed by atoms with E-state index in [2.05, 4.69) is 21.2 Å². The van der Waals surface area contributed by atoms with Crippen molar-refractivity contribution in [2.45, 2.75) is 5.75 Å². The summed E-state index contributed by atoms with van der Waals surface area (Å²) in [5.74, 6) is 3.58. The zero-order valence-corrected chi connectivity index (χ0v) is 17.4. The van der Waals surface area contributed by atoms with Crippen LogP contribution in [0, 0.1) is 0 Å². The highest BCUT2D eigenvalue weighted by molar-refractivity contribution is 9.10. The van der Waals surface area contributed by atoms with Crippen LogP contribution >= 0.6 is 27.7 Å². The van der Waals surface area contributed by atoms with Crippen molar-refractivity contribution in [2.24, 2.45) is 0 Å². The zero-order valence-electron chi connectivity index (χ0n) is 15.0. The predicted octanol–water partition coefficient (Wildman–Crippen LogP) is 4.11. The van der Waals surface area contributed by atoms with Crippen LogP contribution in [0.15, 0.2) is 34.8 Å². The molecule has 6 nitrogen and oxygen atoms in total. The molecule has 0 bridgehead atoms. The summed E-state index contributed by atoms with van der Waals surface area (Å²) in [6.07, 6.45) is 0. The molecule has 1 amide bonds. The number of hydrogen-bond donors (Lipinski definition) is 1. The van der Waals surface area contributed by atoms with E-state index in [4.69, 9.17) is 18.9 Å². The fraction of sp³-hybridized carbons (Fsp3) is 0.316. The molecule has 1 aliphatic rings. The number of halogens is 1. The maximum absolute atomic E-state index is 12.3. The Balaban J connectivity index is 1.57. The molecule has 0 unspecified atom stereocenters. The van der Waals surface area contributed by atoms with E-state index in [9.17, 15) is 4.79 Å². The smallest absolute Gasteiger partial charge is 0.234 e. The van der Waals surface area contributed by atoms with Gasteiger partial charge in [-0.1, -0.05) is 15.9 Å². The molecule has 2 aromatic carbocycles. The van der Waals surface area contributed by atoms with Crippen LogP contribution in [0.4, 0.5) is 5.69 Å². The number of rotatable bonds is 7. The summed E-state index contributed by atoms with van der Waals surface area (Å²) in [6, 6.07) is 9.13. The number of anilines is 1. The van der Waals surface area contributed by atoms with E-state index < -0.39 is 0 Å². The summed E-state index contributed by atoms with van der Waals surface area (Å²) in [6.45, 7) is 1.10. The Bertz CT molecular complexity index is 830. The number of fused-ring (bicyclic) bond motifs is 1. The van der Waals surface area contributed by atoms with Gasteiger partial charge in [-0.05, 0) is 29.8 Å². The van der Waals surface area contributed by atoms with Gasteiger partial charge >= 0.3 is 0 Å². The lowest BCUT2D eigenvalue weighted by Crippen LogP contribution is -2.16. The first kappa shape index (κ1) is 19.7. The van der Waals surface area contributed by atoms with E-state index in [0.29, 0.717) is 41.9 Å². The monoisotopic (exact) mass is 453 g/mol. The molecule has 0 saturated heterocycles. The number of benzene rings is 2. The van der Waals surface area contributed by atoms with E-state index in [1.165, 1.54) is 11.8 Å². The minimum Gasteiger partial charge on any atom is -0.497 e. The third kappa shape index (κ3) is 5.01. The van der Waals surface area contributed by atoms with Gasteiger partial charge < -0.3 is 24.3 Å². The van der Waals surface area contributed by atoms with Gasteiger partial charge in [-0.15, -0.1) is 11.8 Å². The molecule has 27 heavy (non-hydrogen) atoms. The van der Waals surface area contributed by atoms with Crippen LogP contribution in [-0.4, -0.2) is 39.1 Å². The topological polar surface area (TPSA) is 66.0 Å². The third-order valence-corrected chi connectivity index (χ3v) is 5.60. The van der Waals surface area contributed by atoms with Gasteiger partial charge in [0, 0.05) is 16.3 Å². The van der Waals surface area contributed by atoms with Gasteiger partial charge in [-0.3, -0.25) is 4.79 Å². The third-order valence-electron chi connectivity index (χ3n) is 3.88. The first-order valence-electron chi connectivity index (χ1n) is 8.28. The second kappa shape index (κ2) is 9.23. The minimum atomic E-state index is -0.111. The van der Waals surface area contributed by atoms with Crippen molar-refractivity contribution in [3.63, 3.8) is 0 Å². The number of amides is 1. The van der Waals surface area contributed by atoms with E-state index in [1.807, 2.05) is 12.1 Å². The Kier molecular flexibility index (Phi) is 6.73. The van der Waals surface area contributed by atoms with Gasteiger partial charge in [0.05, 0.1) is 25.7 Å². The molecule has 0 radical (unpaired) electrons. The number of nitrogens with one attached hydrogen (secondary N) is 1. The van der Waals surface area contributed by atoms with Gasteiger partial charge in [-0.2, -0.15) is 0 Å². The highest BCUT2D eigenvalue weighted by atomic mass is 79.9. The zero-order chi connectivity index (χ0) is 19.2. The number of carbonyl (C=O) groups is 1. The van der Waals surface area contributed by atoms with Crippen molar-refractivity contribution in [3.8, 4) is 23.0 Å². The van der Waals surface area contributed by atoms with Crippen LogP contribution in [0.25, 0.3) is 0 Å². The van der Waals surface area contributed by atoms with Crippen molar-refractivity contribution in [1.29, 1.82) is 0 Å². The maximum atomic E-state index is 12.3. The Labute approximate surface area is 170 Å². The second-order valence-corrected chi connectivity index (χ2v) is 7.53. The summed E-state index contributed by atoms with van der Waals surface area (Å²) >= 11 is 5.06. The molecular weight excluding hydrogens is 434 g/mol. The van der Waals surface area contributed by atoms with Gasteiger partial charge in [0.25, 0.3) is 0 Å². The van der Waals surface area contributed by atoms with Crippen molar-refractivity contribution < 1.29 is 23.7 Å². The van der Waals surface area contributed by atoms with E-state index >= 15 is 0 Å². The average molecular weight is 454 g/mol. The molecule has 1 aliphatic heterocycles. The molecule has 8 heteroatoms. The molecular formula is C19H20BrNO5S. The second-order valence-electron chi connectivity index (χ2n) is 5.69. The first-order chi connectivity index (χ1) is 13.1. The van der Waals surface area contributed by atoms with E-state index in [-0.39, 0.29) is 5.91 Å². The SMILES string of the molecule is COc1ccc(OC)c(NC(=O)CSCc2cc3c(cc2Br)OCCO3)c1. The van der Waals surface area contributed by atoms with Crippen LogP contribution in [0.5, 0.6) is 23.0 Å². The van der Waals surface area contributed by atoms with Crippen molar-refractivity contribution in [2.75, 3.05) is 38.5 Å². The summed E-state index contributed by atoms with van der Waals surface area (Å²) < 4.78 is 22.6. The lowest BCUT2D eigenvalue weighted by atomic mass is 10.2.